The van der Waals surface area contributed by atoms with Crippen molar-refractivity contribution >= 4 is 57.6 Å². The fourth-order valence-electron chi connectivity index (χ4n) is 5.31. The highest BCUT2D eigenvalue weighted by atomic mass is 32.2. The summed E-state index contributed by atoms with van der Waals surface area (Å²) in [6.07, 6.45) is 1.98. The van der Waals surface area contributed by atoms with E-state index < -0.39 is 83.1 Å². The van der Waals surface area contributed by atoms with Crippen molar-refractivity contribution in [3.05, 3.63) is 64.2 Å². The van der Waals surface area contributed by atoms with Gasteiger partial charge in [0.15, 0.2) is 0 Å². The summed E-state index contributed by atoms with van der Waals surface area (Å²) in [7, 11) is -2.66. The van der Waals surface area contributed by atoms with Gasteiger partial charge < -0.3 is 42.2 Å². The van der Waals surface area contributed by atoms with Gasteiger partial charge >= 0.3 is 5.97 Å². The molecule has 2 aromatic rings. The van der Waals surface area contributed by atoms with E-state index in [0.717, 1.165) is 0 Å². The smallest absolute Gasteiger partial charge is 0.305 e. The Hall–Kier alpha value is -5.98. The van der Waals surface area contributed by atoms with Gasteiger partial charge in [-0.05, 0) is 79.6 Å². The van der Waals surface area contributed by atoms with Crippen molar-refractivity contribution in [3.8, 4) is 5.75 Å². The van der Waals surface area contributed by atoms with Crippen LogP contribution in [0.4, 0.5) is 0 Å². The van der Waals surface area contributed by atoms with Crippen LogP contribution in [0, 0.1) is 20.8 Å². The van der Waals surface area contributed by atoms with Crippen LogP contribution >= 0.6 is 0 Å². The van der Waals surface area contributed by atoms with Crippen LogP contribution in [0.15, 0.2) is 46.3 Å². The van der Waals surface area contributed by atoms with Crippen molar-refractivity contribution < 1.29 is 47.0 Å². The summed E-state index contributed by atoms with van der Waals surface area (Å²) >= 11 is 0. The number of sulfonamides is 1. The minimum atomic E-state index is -4.14. The zero-order valence-corrected chi connectivity index (χ0v) is 30.5. The Balaban J connectivity index is 1.74. The lowest BCUT2D eigenvalue weighted by atomic mass is 10.1. The summed E-state index contributed by atoms with van der Waals surface area (Å²) in [6.45, 7) is 3.72. The number of carbonyl (C=O) groups is 6. The van der Waals surface area contributed by atoms with Gasteiger partial charge in [-0.2, -0.15) is 0 Å². The molecule has 0 radical (unpaired) electrons. The molecule has 1 aliphatic rings. The van der Waals surface area contributed by atoms with E-state index >= 15 is 0 Å². The molecule has 2 atom stereocenters. The van der Waals surface area contributed by atoms with Crippen molar-refractivity contribution in [2.45, 2.75) is 63.6 Å². The number of aliphatic imine (C=N–C) groups is 1. The number of hydrogen-bond acceptors (Lipinski definition) is 10. The van der Waals surface area contributed by atoms with Crippen LogP contribution in [0.25, 0.3) is 6.08 Å². The normalized spacial score (nSPS) is 18.7. The second-order valence-electron chi connectivity index (χ2n) is 12.1. The van der Waals surface area contributed by atoms with Crippen molar-refractivity contribution in [2.75, 3.05) is 26.7 Å². The molecule has 0 spiro atoms. The number of rotatable bonds is 9. The quantitative estimate of drug-likeness (QED) is 0.0874. The second kappa shape index (κ2) is 19.0. The van der Waals surface area contributed by atoms with Crippen LogP contribution in [-0.4, -0.2) is 93.8 Å². The Morgan fingerprint density at radius 3 is 2.25 bits per heavy atom. The Morgan fingerprint density at radius 2 is 1.57 bits per heavy atom. The topological polar surface area (TPSA) is 277 Å². The predicted octanol–water partition coefficient (Wildman–Crippen LogP) is -0.986. The number of guanidine groups is 1. The van der Waals surface area contributed by atoms with Crippen molar-refractivity contribution in [1.82, 2.24) is 31.3 Å². The van der Waals surface area contributed by atoms with Crippen LogP contribution in [0.3, 0.4) is 0 Å². The first-order chi connectivity index (χ1) is 25.0. The van der Waals surface area contributed by atoms with Crippen LogP contribution in [0.1, 0.15) is 47.1 Å². The number of amides is 5. The highest BCUT2D eigenvalue weighted by molar-refractivity contribution is 7.90. The Bertz CT molecular complexity index is 1910. The lowest BCUT2D eigenvalue weighted by molar-refractivity contribution is -0.140. The van der Waals surface area contributed by atoms with E-state index in [1.807, 2.05) is 0 Å². The number of carbonyl (C=O) groups excluding carboxylic acids is 5. The molecule has 0 unspecified atom stereocenters. The number of nitrogens with one attached hydrogen (secondary N) is 6. The molecule has 5 amide bonds. The standard InChI is InChI=1S/C34H44N8O10S/c1-19-13-26(52-4)20(2)21(3)31(19)53(50,51)42-34(35)36-12-6-9-24-32(48)39-18-29(45)41-25(15-30(46)47)33(49)38-16-23-8-5-7-22(14-23)10-11-27(43)37-17-28(44)40-24/h5,7-8,10-11,13-14,24-25H,6,9,12,15-18H2,1-4H3,(H,37,43)(H,38,49)(H,39,48)(H,40,44)(H,41,45)(H,46,47)(H3,35,36,42)/b11-10+/t24-,25-/m0/s1. The number of ether oxygens (including phenoxy) is 1. The van der Waals surface area contributed by atoms with E-state index in [4.69, 9.17) is 10.5 Å². The molecule has 286 valence electrons. The van der Waals surface area contributed by atoms with E-state index in [0.29, 0.717) is 33.6 Å². The number of carboxylic acid groups (broad SMARTS) is 1. The minimum absolute atomic E-state index is 0.0133. The number of benzene rings is 2. The van der Waals surface area contributed by atoms with E-state index in [1.54, 1.807) is 51.1 Å². The predicted molar refractivity (Wildman–Crippen MR) is 193 cm³/mol. The molecule has 3 rings (SSSR count). The number of aliphatic carboxylic acids is 1. The van der Waals surface area contributed by atoms with E-state index in [2.05, 4.69) is 36.3 Å². The third kappa shape index (κ3) is 12.6. The molecule has 0 aliphatic carbocycles. The highest BCUT2D eigenvalue weighted by Crippen LogP contribution is 2.30. The average molecular weight is 757 g/mol. The first-order valence-electron chi connectivity index (χ1n) is 16.4. The summed E-state index contributed by atoms with van der Waals surface area (Å²) in [5.74, 6) is -5.05. The molecule has 0 fully saturated rings. The summed E-state index contributed by atoms with van der Waals surface area (Å²) in [4.78, 5) is 79.3. The summed E-state index contributed by atoms with van der Waals surface area (Å²) < 4.78 is 33.9. The van der Waals surface area contributed by atoms with Crippen LogP contribution in [0.2, 0.25) is 0 Å². The van der Waals surface area contributed by atoms with Crippen LogP contribution in [0.5, 0.6) is 5.75 Å². The lowest BCUT2D eigenvalue weighted by Crippen LogP contribution is -2.53. The largest absolute Gasteiger partial charge is 0.496 e. The SMILES string of the molecule is COc1cc(C)c(S(=O)(=O)NC(N)=NCCC[C@@H]2NC(=O)CNC(=O)/C=C/c3cccc(c3)CNC(=O)[C@H](CC(=O)O)NC(=O)CNC2=O)c(C)c1C. The Labute approximate surface area is 306 Å². The molecule has 0 saturated heterocycles. The average Bonchev–Trinajstić information content (AvgIpc) is 3.09. The Morgan fingerprint density at radius 1 is 0.925 bits per heavy atom. The zero-order valence-electron chi connectivity index (χ0n) is 29.7. The van der Waals surface area contributed by atoms with Gasteiger partial charge in [0.05, 0.1) is 31.5 Å². The number of aryl methyl sites for hydroxylation is 1. The van der Waals surface area contributed by atoms with Gasteiger partial charge in [0.1, 0.15) is 17.8 Å². The second-order valence-corrected chi connectivity index (χ2v) is 13.7. The van der Waals surface area contributed by atoms with E-state index in [9.17, 15) is 42.3 Å². The maximum Gasteiger partial charge on any atom is 0.305 e. The van der Waals surface area contributed by atoms with Crippen LogP contribution < -0.4 is 41.8 Å². The molecule has 0 saturated carbocycles. The highest BCUT2D eigenvalue weighted by Gasteiger charge is 2.26. The molecule has 9 N–H and O–H groups in total. The molecular formula is C34H44N8O10S. The fourth-order valence-corrected chi connectivity index (χ4v) is 6.79. The van der Waals surface area contributed by atoms with Gasteiger partial charge in [-0.3, -0.25) is 33.8 Å². The first kappa shape index (κ1) is 41.4. The van der Waals surface area contributed by atoms with Crippen molar-refractivity contribution in [1.29, 1.82) is 0 Å². The molecule has 1 aliphatic heterocycles. The van der Waals surface area contributed by atoms with Crippen LogP contribution in [-0.2, 0) is 45.3 Å². The van der Waals surface area contributed by atoms with E-state index in [-0.39, 0.29) is 30.8 Å². The molecule has 53 heavy (non-hydrogen) atoms. The number of nitrogens with zero attached hydrogens (tertiary/aromatic N) is 1. The third-order valence-electron chi connectivity index (χ3n) is 8.01. The molecule has 0 aromatic heterocycles. The molecule has 19 heteroatoms. The Kier molecular flexibility index (Phi) is 14.9. The van der Waals surface area contributed by atoms with Gasteiger partial charge in [-0.15, -0.1) is 0 Å². The first-order valence-corrected chi connectivity index (χ1v) is 17.9. The van der Waals surface area contributed by atoms with Gasteiger partial charge in [-0.25, -0.2) is 13.1 Å². The van der Waals surface area contributed by atoms with Crippen molar-refractivity contribution in [3.63, 3.8) is 0 Å². The fraction of sp³-hybridized carbons (Fsp3) is 0.382. The molecule has 1 heterocycles. The minimum Gasteiger partial charge on any atom is -0.496 e. The van der Waals surface area contributed by atoms with Gasteiger partial charge in [-0.1, -0.05) is 18.2 Å². The molecule has 2 aromatic carbocycles. The maximum atomic E-state index is 13.2. The van der Waals surface area contributed by atoms with Gasteiger partial charge in [0.2, 0.25) is 35.5 Å². The third-order valence-corrected chi connectivity index (χ3v) is 9.66. The molecule has 18 nitrogen and oxygen atoms in total. The van der Waals surface area contributed by atoms with Crippen molar-refractivity contribution in [2.24, 2.45) is 10.7 Å². The number of fused-ring (bicyclic) bond motifs is 2. The summed E-state index contributed by atoms with van der Waals surface area (Å²) in [5.41, 5.74) is 8.64. The summed E-state index contributed by atoms with van der Waals surface area (Å²) in [5, 5.41) is 21.4. The number of methoxy groups -OCH3 is 1. The van der Waals surface area contributed by atoms with Gasteiger partial charge in [0.25, 0.3) is 10.0 Å². The number of hydrogen-bond donors (Lipinski definition) is 8. The molecule has 2 bridgehead atoms. The zero-order chi connectivity index (χ0) is 39.3. The maximum absolute atomic E-state index is 13.2. The monoisotopic (exact) mass is 756 g/mol. The number of nitrogens with two attached hydrogens (primary N) is 1. The number of carboxylic acids is 1. The van der Waals surface area contributed by atoms with E-state index in [1.165, 1.54) is 19.3 Å². The molecular weight excluding hydrogens is 712 g/mol. The lowest BCUT2D eigenvalue weighted by Gasteiger charge is -2.20. The van der Waals surface area contributed by atoms with Gasteiger partial charge in [0, 0.05) is 19.2 Å². The summed E-state index contributed by atoms with van der Waals surface area (Å²) in [6, 6.07) is 5.62.